The van der Waals surface area contributed by atoms with E-state index >= 15 is 0 Å². The third-order valence-corrected chi connectivity index (χ3v) is 7.68. The second-order valence-corrected chi connectivity index (χ2v) is 9.42. The van der Waals surface area contributed by atoms with Crippen molar-refractivity contribution < 1.29 is 5.11 Å². The van der Waals surface area contributed by atoms with Gasteiger partial charge in [-0.3, -0.25) is 14.9 Å². The number of hydrogen-bond acceptors (Lipinski definition) is 7. The zero-order valence-corrected chi connectivity index (χ0v) is 17.7. The van der Waals surface area contributed by atoms with E-state index in [9.17, 15) is 5.11 Å². The zero-order chi connectivity index (χ0) is 20.8. The van der Waals surface area contributed by atoms with Crippen molar-refractivity contribution >= 4 is 16.7 Å². The topological polar surface area (TPSA) is 78.3 Å². The molecule has 7 heteroatoms. The van der Waals surface area contributed by atoms with Crippen molar-refractivity contribution in [3.8, 4) is 11.4 Å². The molecule has 3 aromatic heterocycles. The maximum absolute atomic E-state index is 10.1. The van der Waals surface area contributed by atoms with Gasteiger partial charge in [0.15, 0.2) is 5.82 Å². The molecule has 6 rings (SSSR count). The molecule has 0 aromatic carbocycles. The van der Waals surface area contributed by atoms with Crippen LogP contribution in [-0.2, 0) is 0 Å². The van der Waals surface area contributed by atoms with E-state index in [2.05, 4.69) is 19.8 Å². The summed E-state index contributed by atoms with van der Waals surface area (Å²) >= 11 is 0. The molecule has 5 heterocycles. The fraction of sp³-hybridized carbons (Fsp3) is 0.500. The van der Waals surface area contributed by atoms with E-state index in [0.717, 1.165) is 67.1 Å². The van der Waals surface area contributed by atoms with Gasteiger partial charge in [0.05, 0.1) is 17.8 Å². The Bertz CT molecular complexity index is 1080. The summed E-state index contributed by atoms with van der Waals surface area (Å²) in [7, 11) is 0. The summed E-state index contributed by atoms with van der Waals surface area (Å²) in [5, 5.41) is 11.2. The summed E-state index contributed by atoms with van der Waals surface area (Å²) in [6.45, 7) is 4.28. The number of nitrogens with zero attached hydrogens (tertiary/aromatic N) is 6. The maximum atomic E-state index is 10.1. The highest BCUT2D eigenvalue weighted by Crippen LogP contribution is 2.44. The molecule has 1 N–H and O–H groups in total. The lowest BCUT2D eigenvalue weighted by Crippen LogP contribution is -2.51. The van der Waals surface area contributed by atoms with Crippen LogP contribution in [0.25, 0.3) is 22.3 Å². The van der Waals surface area contributed by atoms with Crippen molar-refractivity contribution in [1.82, 2.24) is 24.8 Å². The van der Waals surface area contributed by atoms with Crippen molar-refractivity contribution in [2.45, 2.75) is 44.2 Å². The van der Waals surface area contributed by atoms with E-state index in [0.29, 0.717) is 11.5 Å². The zero-order valence-electron chi connectivity index (χ0n) is 17.7. The molecule has 160 valence electrons. The molecule has 2 saturated heterocycles. The molecule has 2 unspecified atom stereocenters. The lowest BCUT2D eigenvalue weighted by Gasteiger charge is -2.43. The molecule has 3 fully saturated rings. The summed E-state index contributed by atoms with van der Waals surface area (Å²) in [6, 6.07) is 6.34. The van der Waals surface area contributed by atoms with Crippen LogP contribution in [0.4, 0.5) is 5.82 Å². The Labute approximate surface area is 182 Å². The first-order chi connectivity index (χ1) is 15.2. The average Bonchev–Trinajstić information content (AvgIpc) is 3.21. The Morgan fingerprint density at radius 3 is 2.42 bits per heavy atom. The third-order valence-electron chi connectivity index (χ3n) is 7.68. The second-order valence-electron chi connectivity index (χ2n) is 9.42. The molecule has 31 heavy (non-hydrogen) atoms. The maximum Gasteiger partial charge on any atom is 0.162 e. The van der Waals surface area contributed by atoms with Crippen molar-refractivity contribution in [3.05, 3.63) is 43.0 Å². The Hall–Kier alpha value is -2.64. The van der Waals surface area contributed by atoms with Gasteiger partial charge in [0.2, 0.25) is 0 Å². The van der Waals surface area contributed by atoms with Crippen LogP contribution in [0.1, 0.15) is 32.1 Å². The van der Waals surface area contributed by atoms with E-state index < -0.39 is 0 Å². The van der Waals surface area contributed by atoms with Gasteiger partial charge in [-0.15, -0.1) is 0 Å². The molecule has 3 aliphatic rings. The molecule has 1 aliphatic carbocycles. The van der Waals surface area contributed by atoms with Gasteiger partial charge < -0.3 is 10.0 Å². The summed E-state index contributed by atoms with van der Waals surface area (Å²) in [4.78, 5) is 23.2. The van der Waals surface area contributed by atoms with Gasteiger partial charge in [-0.1, -0.05) is 0 Å². The standard InChI is InChI=1S/C24H28N6O/c31-21-2-1-20(21)30-14-8-24(16-30)6-12-29(13-7-24)23-18-5-11-26-15-19(18)27-22(28-23)17-3-9-25-10-4-17/h3-5,9-11,15,20-21,31H,1-2,6-8,12-14,16H2. The molecule has 7 nitrogen and oxygen atoms in total. The number of pyridine rings is 2. The molecule has 0 radical (unpaired) electrons. The SMILES string of the molecule is OC1CCC1N1CCC2(CCN(c3nc(-c4ccncc4)nc4cnccc34)CC2)C1. The highest BCUT2D eigenvalue weighted by molar-refractivity contribution is 5.90. The Balaban J connectivity index is 1.26. The summed E-state index contributed by atoms with van der Waals surface area (Å²) in [5.74, 6) is 1.74. The highest BCUT2D eigenvalue weighted by Gasteiger charge is 2.45. The van der Waals surface area contributed by atoms with Crippen LogP contribution in [-0.4, -0.2) is 68.3 Å². The van der Waals surface area contributed by atoms with E-state index in [1.807, 2.05) is 30.6 Å². The fourth-order valence-electron chi connectivity index (χ4n) is 5.58. The van der Waals surface area contributed by atoms with Gasteiger partial charge in [0.1, 0.15) is 5.82 Å². The normalized spacial score (nSPS) is 25.8. The van der Waals surface area contributed by atoms with E-state index in [4.69, 9.17) is 9.97 Å². The fourth-order valence-corrected chi connectivity index (χ4v) is 5.58. The van der Waals surface area contributed by atoms with Crippen molar-refractivity contribution in [2.24, 2.45) is 5.41 Å². The first kappa shape index (κ1) is 19.1. The van der Waals surface area contributed by atoms with Crippen LogP contribution >= 0.6 is 0 Å². The van der Waals surface area contributed by atoms with Crippen molar-refractivity contribution in [3.63, 3.8) is 0 Å². The van der Waals surface area contributed by atoms with E-state index in [1.165, 1.54) is 19.3 Å². The summed E-state index contributed by atoms with van der Waals surface area (Å²) in [5.41, 5.74) is 2.25. The number of aliphatic hydroxyl groups is 1. The van der Waals surface area contributed by atoms with Crippen LogP contribution in [0.2, 0.25) is 0 Å². The lowest BCUT2D eigenvalue weighted by molar-refractivity contribution is -0.0164. The molecule has 0 bridgehead atoms. The van der Waals surface area contributed by atoms with Crippen LogP contribution in [0.3, 0.4) is 0 Å². The number of aliphatic hydroxyl groups excluding tert-OH is 1. The first-order valence-corrected chi connectivity index (χ1v) is 11.4. The molecular weight excluding hydrogens is 388 g/mol. The number of piperidine rings is 1. The molecular formula is C24H28N6O. The van der Waals surface area contributed by atoms with Gasteiger partial charge in [0, 0.05) is 55.2 Å². The van der Waals surface area contributed by atoms with Gasteiger partial charge in [0.25, 0.3) is 0 Å². The minimum atomic E-state index is -0.108. The Morgan fingerprint density at radius 2 is 1.68 bits per heavy atom. The molecule has 2 aliphatic heterocycles. The van der Waals surface area contributed by atoms with Gasteiger partial charge >= 0.3 is 0 Å². The smallest absolute Gasteiger partial charge is 0.162 e. The second kappa shape index (κ2) is 7.50. The summed E-state index contributed by atoms with van der Waals surface area (Å²) in [6.07, 6.45) is 12.8. The molecule has 0 amide bonds. The highest BCUT2D eigenvalue weighted by atomic mass is 16.3. The number of aromatic nitrogens is 4. The number of fused-ring (bicyclic) bond motifs is 1. The van der Waals surface area contributed by atoms with Crippen LogP contribution in [0, 0.1) is 5.41 Å². The van der Waals surface area contributed by atoms with Crippen LogP contribution in [0.15, 0.2) is 43.0 Å². The Kier molecular flexibility index (Phi) is 4.61. The van der Waals surface area contributed by atoms with E-state index in [-0.39, 0.29) is 6.10 Å². The van der Waals surface area contributed by atoms with Crippen molar-refractivity contribution in [1.29, 1.82) is 0 Å². The van der Waals surface area contributed by atoms with Crippen molar-refractivity contribution in [2.75, 3.05) is 31.1 Å². The van der Waals surface area contributed by atoms with Crippen LogP contribution in [0.5, 0.6) is 0 Å². The quantitative estimate of drug-likeness (QED) is 0.703. The van der Waals surface area contributed by atoms with Gasteiger partial charge in [-0.25, -0.2) is 9.97 Å². The molecule has 3 aromatic rings. The lowest BCUT2D eigenvalue weighted by atomic mass is 9.77. The van der Waals surface area contributed by atoms with E-state index in [1.54, 1.807) is 12.4 Å². The van der Waals surface area contributed by atoms with Gasteiger partial charge in [-0.05, 0) is 62.3 Å². The number of likely N-dealkylation sites (tertiary alicyclic amines) is 1. The minimum Gasteiger partial charge on any atom is -0.391 e. The monoisotopic (exact) mass is 416 g/mol. The predicted molar refractivity (Wildman–Crippen MR) is 120 cm³/mol. The largest absolute Gasteiger partial charge is 0.391 e. The number of anilines is 1. The average molecular weight is 417 g/mol. The summed E-state index contributed by atoms with van der Waals surface area (Å²) < 4.78 is 0. The Morgan fingerprint density at radius 1 is 0.903 bits per heavy atom. The number of rotatable bonds is 3. The molecule has 1 saturated carbocycles. The third kappa shape index (κ3) is 3.36. The molecule has 2 atom stereocenters. The van der Waals surface area contributed by atoms with Crippen LogP contribution < -0.4 is 4.90 Å². The number of hydrogen-bond donors (Lipinski definition) is 1. The van der Waals surface area contributed by atoms with Gasteiger partial charge in [-0.2, -0.15) is 0 Å². The molecule has 1 spiro atoms. The minimum absolute atomic E-state index is 0.108. The predicted octanol–water partition coefficient (Wildman–Crippen LogP) is 2.90. The first-order valence-electron chi connectivity index (χ1n) is 11.4.